The van der Waals surface area contributed by atoms with E-state index in [1.54, 1.807) is 24.3 Å². The van der Waals surface area contributed by atoms with Crippen LogP contribution in [-0.4, -0.2) is 46.3 Å². The Bertz CT molecular complexity index is 1040. The quantitative estimate of drug-likeness (QED) is 0.755. The fourth-order valence-electron chi connectivity index (χ4n) is 2.74. The topological polar surface area (TPSA) is 102 Å². The lowest BCUT2D eigenvalue weighted by Gasteiger charge is -2.34. The van der Waals surface area contributed by atoms with Crippen molar-refractivity contribution >= 4 is 44.9 Å². The molecule has 0 aliphatic carbocycles. The van der Waals surface area contributed by atoms with Crippen LogP contribution in [-0.2, 0) is 19.6 Å². The first kappa shape index (κ1) is 20.0. The third-order valence-electron chi connectivity index (χ3n) is 4.03. The van der Waals surface area contributed by atoms with Crippen LogP contribution >= 0.6 is 11.6 Å². The molecule has 0 saturated heterocycles. The molecule has 28 heavy (non-hydrogen) atoms. The van der Waals surface area contributed by atoms with Gasteiger partial charge in [0.05, 0.1) is 31.2 Å². The summed E-state index contributed by atoms with van der Waals surface area (Å²) in [4.78, 5) is 24.3. The number of hydrogen-bond acceptors (Lipinski definition) is 6. The van der Waals surface area contributed by atoms with Crippen molar-refractivity contribution in [1.82, 2.24) is 0 Å². The molecular formula is C18H17ClN2O6S. The fourth-order valence-corrected chi connectivity index (χ4v) is 3.81. The van der Waals surface area contributed by atoms with Crippen molar-refractivity contribution in [3.63, 3.8) is 0 Å². The monoisotopic (exact) mass is 424 g/mol. The van der Waals surface area contributed by atoms with E-state index in [9.17, 15) is 18.0 Å². The molecule has 0 saturated carbocycles. The number of rotatable bonds is 4. The summed E-state index contributed by atoms with van der Waals surface area (Å²) in [7, 11) is -2.41. The van der Waals surface area contributed by atoms with E-state index in [2.05, 4.69) is 10.1 Å². The van der Waals surface area contributed by atoms with E-state index in [4.69, 9.17) is 16.3 Å². The Morgan fingerprint density at radius 2 is 2.00 bits per heavy atom. The molecule has 1 amide bonds. The van der Waals surface area contributed by atoms with Crippen LogP contribution in [0.4, 0.5) is 11.4 Å². The van der Waals surface area contributed by atoms with Gasteiger partial charge in [-0.1, -0.05) is 17.7 Å². The van der Waals surface area contributed by atoms with Crippen LogP contribution in [0.15, 0.2) is 42.5 Å². The minimum absolute atomic E-state index is 0.214. The maximum Gasteiger partial charge on any atom is 0.337 e. The normalized spacial score (nSPS) is 16.0. The van der Waals surface area contributed by atoms with E-state index in [0.29, 0.717) is 10.7 Å². The van der Waals surface area contributed by atoms with E-state index in [-0.39, 0.29) is 23.5 Å². The smallest absolute Gasteiger partial charge is 0.337 e. The molecule has 8 nitrogen and oxygen atoms in total. The summed E-state index contributed by atoms with van der Waals surface area (Å²) in [5.41, 5.74) is 0.888. The minimum atomic E-state index is -3.66. The largest absolute Gasteiger partial charge is 0.476 e. The van der Waals surface area contributed by atoms with Crippen LogP contribution in [0.2, 0.25) is 5.02 Å². The molecule has 1 N–H and O–H groups in total. The molecule has 10 heteroatoms. The van der Waals surface area contributed by atoms with Crippen LogP contribution in [0.5, 0.6) is 5.75 Å². The number of nitrogens with one attached hydrogen (secondary N) is 1. The van der Waals surface area contributed by atoms with Crippen LogP contribution in [0.3, 0.4) is 0 Å². The number of hydrogen-bond donors (Lipinski definition) is 1. The summed E-state index contributed by atoms with van der Waals surface area (Å²) in [6, 6.07) is 10.7. The van der Waals surface area contributed by atoms with Gasteiger partial charge in [0.1, 0.15) is 5.75 Å². The summed E-state index contributed by atoms with van der Waals surface area (Å²) in [6.07, 6.45) is -0.0529. The van der Waals surface area contributed by atoms with Gasteiger partial charge < -0.3 is 14.8 Å². The molecule has 1 atom stereocenters. The Labute approximate surface area is 167 Å². The average Bonchev–Trinajstić information content (AvgIpc) is 2.65. The van der Waals surface area contributed by atoms with Crippen LogP contribution in [0.25, 0.3) is 0 Å². The summed E-state index contributed by atoms with van der Waals surface area (Å²) in [5, 5.41) is 2.97. The first-order valence-corrected chi connectivity index (χ1v) is 10.3. The van der Waals surface area contributed by atoms with Gasteiger partial charge in [-0.3, -0.25) is 9.10 Å². The zero-order valence-electron chi connectivity index (χ0n) is 15.0. The molecule has 148 valence electrons. The average molecular weight is 425 g/mol. The second-order valence-electron chi connectivity index (χ2n) is 6.07. The number of esters is 1. The zero-order chi connectivity index (χ0) is 20.5. The second kappa shape index (κ2) is 7.69. The molecule has 0 radical (unpaired) electrons. The van der Waals surface area contributed by atoms with E-state index in [1.165, 1.54) is 25.3 Å². The molecule has 0 aromatic heterocycles. The number of amides is 1. The number of carbonyl (C=O) groups excluding carboxylic acids is 2. The van der Waals surface area contributed by atoms with Gasteiger partial charge in [-0.2, -0.15) is 0 Å². The number of nitrogens with zero attached hydrogens (tertiary/aromatic N) is 1. The number of halogens is 1. The number of fused-ring (bicyclic) bond motifs is 1. The van der Waals surface area contributed by atoms with E-state index < -0.39 is 28.0 Å². The third kappa shape index (κ3) is 4.20. The molecule has 1 heterocycles. The molecule has 2 aromatic rings. The Morgan fingerprint density at radius 1 is 1.25 bits per heavy atom. The van der Waals surface area contributed by atoms with Crippen molar-refractivity contribution in [2.75, 3.05) is 29.5 Å². The molecular weight excluding hydrogens is 408 g/mol. The second-order valence-corrected chi connectivity index (χ2v) is 8.42. The van der Waals surface area contributed by atoms with Gasteiger partial charge in [0.15, 0.2) is 6.10 Å². The van der Waals surface area contributed by atoms with Gasteiger partial charge in [0.25, 0.3) is 5.91 Å². The number of anilines is 2. The number of benzene rings is 2. The molecule has 0 bridgehead atoms. The lowest BCUT2D eigenvalue weighted by atomic mass is 10.2. The van der Waals surface area contributed by atoms with Gasteiger partial charge in [-0.15, -0.1) is 0 Å². The Hall–Kier alpha value is -2.78. The van der Waals surface area contributed by atoms with E-state index in [1.807, 2.05) is 0 Å². The number of sulfonamides is 1. The van der Waals surface area contributed by atoms with Crippen molar-refractivity contribution in [1.29, 1.82) is 0 Å². The highest BCUT2D eigenvalue weighted by atomic mass is 35.5. The summed E-state index contributed by atoms with van der Waals surface area (Å²) in [6.45, 7) is -0.214. The maximum atomic E-state index is 12.7. The highest BCUT2D eigenvalue weighted by Gasteiger charge is 2.35. The Balaban J connectivity index is 1.85. The minimum Gasteiger partial charge on any atom is -0.476 e. The van der Waals surface area contributed by atoms with Crippen LogP contribution in [0.1, 0.15) is 10.4 Å². The molecule has 0 unspecified atom stereocenters. The van der Waals surface area contributed by atoms with Gasteiger partial charge >= 0.3 is 5.97 Å². The van der Waals surface area contributed by atoms with Gasteiger partial charge in [-0.25, -0.2) is 13.2 Å². The van der Waals surface area contributed by atoms with Crippen LogP contribution < -0.4 is 14.4 Å². The predicted octanol–water partition coefficient (Wildman–Crippen LogP) is 2.29. The third-order valence-corrected chi connectivity index (χ3v) is 5.42. The van der Waals surface area contributed by atoms with Crippen molar-refractivity contribution in [2.24, 2.45) is 0 Å². The molecule has 0 fully saturated rings. The zero-order valence-corrected chi connectivity index (χ0v) is 16.6. The maximum absolute atomic E-state index is 12.7. The first-order chi connectivity index (χ1) is 13.2. The number of ether oxygens (including phenoxy) is 2. The van der Waals surface area contributed by atoms with E-state index in [0.717, 1.165) is 10.6 Å². The lowest BCUT2D eigenvalue weighted by Crippen LogP contribution is -2.48. The molecule has 3 rings (SSSR count). The summed E-state index contributed by atoms with van der Waals surface area (Å²) >= 11 is 5.96. The van der Waals surface area contributed by atoms with Gasteiger partial charge in [-0.05, 0) is 36.4 Å². The summed E-state index contributed by atoms with van der Waals surface area (Å²) in [5.74, 6) is -0.875. The number of carbonyl (C=O) groups is 2. The number of methoxy groups -OCH3 is 1. The van der Waals surface area contributed by atoms with Gasteiger partial charge in [0, 0.05) is 10.7 Å². The van der Waals surface area contributed by atoms with E-state index >= 15 is 0 Å². The van der Waals surface area contributed by atoms with Crippen molar-refractivity contribution in [2.45, 2.75) is 6.10 Å². The van der Waals surface area contributed by atoms with Crippen LogP contribution in [0, 0.1) is 0 Å². The summed E-state index contributed by atoms with van der Waals surface area (Å²) < 4.78 is 35.8. The molecule has 0 spiro atoms. The Kier molecular flexibility index (Phi) is 5.48. The lowest BCUT2D eigenvalue weighted by molar-refractivity contribution is -0.122. The fraction of sp³-hybridized carbons (Fsp3) is 0.222. The van der Waals surface area contributed by atoms with Crippen molar-refractivity contribution in [3.8, 4) is 5.75 Å². The molecule has 1 aliphatic rings. The first-order valence-electron chi connectivity index (χ1n) is 8.12. The van der Waals surface area contributed by atoms with Crippen molar-refractivity contribution in [3.05, 3.63) is 53.1 Å². The highest BCUT2D eigenvalue weighted by molar-refractivity contribution is 7.92. The molecule has 2 aromatic carbocycles. The molecule has 1 aliphatic heterocycles. The Morgan fingerprint density at radius 3 is 2.68 bits per heavy atom. The van der Waals surface area contributed by atoms with Crippen molar-refractivity contribution < 1.29 is 27.5 Å². The highest BCUT2D eigenvalue weighted by Crippen LogP contribution is 2.37. The standard InChI is InChI=1S/C18H17ClN2O6S/c1-26-18(23)11-4-3-5-13(8-11)20-17(22)16-10-21(28(2,24)25)14-9-12(19)6-7-15(14)27-16/h3-9,16H,10H2,1-2H3,(H,20,22)/t16-/m0/s1. The van der Waals surface area contributed by atoms with Gasteiger partial charge in [0.2, 0.25) is 10.0 Å². The predicted molar refractivity (Wildman–Crippen MR) is 104 cm³/mol. The SMILES string of the molecule is COC(=O)c1cccc(NC(=O)[C@@H]2CN(S(C)(=O)=O)c3cc(Cl)ccc3O2)c1.